The molecule has 0 spiro atoms. The molecule has 21 heavy (non-hydrogen) atoms. The van der Waals surface area contributed by atoms with Gasteiger partial charge in [0, 0.05) is 50.8 Å². The van der Waals surface area contributed by atoms with Gasteiger partial charge in [0.25, 0.3) is 0 Å². The van der Waals surface area contributed by atoms with E-state index in [2.05, 4.69) is 6.92 Å². The molecule has 1 aromatic heterocycles. The third-order valence-corrected chi connectivity index (χ3v) is 4.38. The second-order valence-electron chi connectivity index (χ2n) is 4.78. The van der Waals surface area contributed by atoms with Crippen LogP contribution in [0.1, 0.15) is 34.5 Å². The van der Waals surface area contributed by atoms with Crippen molar-refractivity contribution in [3.63, 3.8) is 0 Å². The molecule has 0 bridgehead atoms. The van der Waals surface area contributed by atoms with Crippen LogP contribution in [0.5, 0.6) is 0 Å². The quantitative estimate of drug-likeness (QED) is 0.635. The van der Waals surface area contributed by atoms with Crippen LogP contribution in [0, 0.1) is 6.92 Å². The number of carbonyl (C=O) groups is 2. The predicted molar refractivity (Wildman–Crippen MR) is 77.5 cm³/mol. The number of rotatable bonds is 6. The number of thiophene rings is 1. The Hall–Kier alpha value is -0.712. The van der Waals surface area contributed by atoms with E-state index >= 15 is 0 Å². The van der Waals surface area contributed by atoms with Crippen molar-refractivity contribution in [2.75, 3.05) is 19.6 Å². The summed E-state index contributed by atoms with van der Waals surface area (Å²) in [5, 5.41) is 14.3. The van der Waals surface area contributed by atoms with E-state index in [-0.39, 0.29) is 27.0 Å². The average molecular weight is 479 g/mol. The van der Waals surface area contributed by atoms with Crippen molar-refractivity contribution in [1.82, 2.24) is 10.0 Å². The van der Waals surface area contributed by atoms with E-state index in [1.54, 1.807) is 16.5 Å². The van der Waals surface area contributed by atoms with Gasteiger partial charge in [0.05, 0.1) is 5.56 Å². The number of carboxylic acid groups (broad SMARTS) is 1. The number of aryl methyl sites for hydroxylation is 1. The average Bonchev–Trinajstić information content (AvgIpc) is 2.89. The molecule has 116 valence electrons. The molecule has 0 saturated carbocycles. The Bertz CT molecular complexity index is 492. The van der Waals surface area contributed by atoms with Crippen LogP contribution in [0.4, 0.5) is 0 Å². The fourth-order valence-electron chi connectivity index (χ4n) is 2.35. The van der Waals surface area contributed by atoms with Crippen LogP contribution in [-0.2, 0) is 32.3 Å². The summed E-state index contributed by atoms with van der Waals surface area (Å²) in [7, 11) is 0. The number of hydrogen-bond donors (Lipinski definition) is 1. The summed E-state index contributed by atoms with van der Waals surface area (Å²) >= 11 is 1.46. The molecule has 1 saturated heterocycles. The van der Waals surface area contributed by atoms with Gasteiger partial charge in [-0.2, -0.15) is 0 Å². The van der Waals surface area contributed by atoms with Crippen molar-refractivity contribution < 1.29 is 35.8 Å². The molecule has 5 nitrogen and oxygen atoms in total. The van der Waals surface area contributed by atoms with Crippen LogP contribution in [0.15, 0.2) is 11.4 Å². The van der Waals surface area contributed by atoms with E-state index in [4.69, 9.17) is 5.11 Å². The summed E-state index contributed by atoms with van der Waals surface area (Å²) in [6.07, 6.45) is 3.14. The van der Waals surface area contributed by atoms with Crippen molar-refractivity contribution in [2.45, 2.75) is 25.7 Å². The first-order valence-electron chi connectivity index (χ1n) is 6.77. The summed E-state index contributed by atoms with van der Waals surface area (Å²) in [6, 6.07) is 1.71. The summed E-state index contributed by atoms with van der Waals surface area (Å²) in [5.41, 5.74) is 0.346. The molecule has 1 aliphatic heterocycles. The molecule has 1 N–H and O–H groups in total. The van der Waals surface area contributed by atoms with E-state index in [0.29, 0.717) is 25.1 Å². The zero-order valence-corrected chi connectivity index (χ0v) is 15.5. The largest absolute Gasteiger partial charge is 0.478 e. The predicted octanol–water partition coefficient (Wildman–Crippen LogP) is 2.05. The van der Waals surface area contributed by atoms with E-state index in [9.17, 15) is 9.59 Å². The fourth-order valence-corrected chi connectivity index (χ4v) is 3.25. The van der Waals surface area contributed by atoms with Crippen LogP contribution in [-0.4, -0.2) is 46.6 Å². The molecule has 1 amide bonds. The Kier molecular flexibility index (Phi) is 7.57. The van der Waals surface area contributed by atoms with Gasteiger partial charge in [-0.25, -0.2) is 9.80 Å². The third-order valence-electron chi connectivity index (χ3n) is 3.39. The number of aromatic carboxylic acids is 1. The molecule has 0 atom stereocenters. The molecule has 0 aliphatic carbocycles. The van der Waals surface area contributed by atoms with Gasteiger partial charge in [-0.15, -0.1) is 17.9 Å². The molecular weight excluding hydrogens is 460 g/mol. The van der Waals surface area contributed by atoms with Gasteiger partial charge in [0.15, 0.2) is 0 Å². The summed E-state index contributed by atoms with van der Waals surface area (Å²) in [4.78, 5) is 23.7. The Balaban J connectivity index is 0.00000220. The van der Waals surface area contributed by atoms with Gasteiger partial charge >= 0.3 is 5.97 Å². The fraction of sp³-hybridized carbons (Fsp3) is 0.500. The second kappa shape index (κ2) is 8.66. The van der Waals surface area contributed by atoms with Crippen LogP contribution in [0.2, 0.25) is 0 Å². The first-order valence-corrected chi connectivity index (χ1v) is 7.65. The van der Waals surface area contributed by atoms with Crippen LogP contribution in [0.25, 0.3) is 0 Å². The number of carboxylic acids is 1. The Morgan fingerprint density at radius 3 is 2.86 bits per heavy atom. The number of carbonyl (C=O) groups excluding carboxylic acids is 1. The summed E-state index contributed by atoms with van der Waals surface area (Å²) in [5.74, 6) is -0.723. The van der Waals surface area contributed by atoms with Gasteiger partial charge in [-0.05, 0) is 25.3 Å². The van der Waals surface area contributed by atoms with Crippen molar-refractivity contribution in [3.05, 3.63) is 28.8 Å². The number of amides is 1. The van der Waals surface area contributed by atoms with Gasteiger partial charge in [-0.3, -0.25) is 9.80 Å². The molecule has 0 radical (unpaired) electrons. The third kappa shape index (κ3) is 4.90. The van der Waals surface area contributed by atoms with Crippen LogP contribution >= 0.6 is 11.3 Å². The molecule has 1 aromatic rings. The Morgan fingerprint density at radius 1 is 1.48 bits per heavy atom. The van der Waals surface area contributed by atoms with Crippen LogP contribution < -0.4 is 0 Å². The van der Waals surface area contributed by atoms with Crippen LogP contribution in [0.3, 0.4) is 0 Å². The molecule has 0 unspecified atom stereocenters. The molecular formula is C14H19N2O3SW-. The minimum atomic E-state index is -0.887. The van der Waals surface area contributed by atoms with Gasteiger partial charge in [-0.1, -0.05) is 0 Å². The maximum absolute atomic E-state index is 11.9. The van der Waals surface area contributed by atoms with Crippen molar-refractivity contribution in [3.8, 4) is 0 Å². The molecule has 7 heteroatoms. The Labute approximate surface area is 143 Å². The smallest absolute Gasteiger partial charge is 0.336 e. The first kappa shape index (κ1) is 18.3. The van der Waals surface area contributed by atoms with Gasteiger partial charge in [0.1, 0.15) is 0 Å². The number of hydrazine groups is 1. The topological polar surface area (TPSA) is 60.9 Å². The minimum Gasteiger partial charge on any atom is -0.478 e. The standard InChI is InChI=1S/C14H19N2O3S.W/c1-2-15-7-4-6-13(17)16(15)8-3-5-12-9-11(10-20-12)14(18)19;/h9-10H,1-8H2,(H,18,19);/q-1;. The van der Waals surface area contributed by atoms with E-state index in [1.165, 1.54) is 11.3 Å². The normalized spacial score (nSPS) is 15.9. The zero-order valence-electron chi connectivity index (χ0n) is 11.8. The van der Waals surface area contributed by atoms with Gasteiger partial charge in [0.2, 0.25) is 5.91 Å². The summed E-state index contributed by atoms with van der Waals surface area (Å²) < 4.78 is 0. The Morgan fingerprint density at radius 2 is 2.24 bits per heavy atom. The SMILES string of the molecule is [CH2-]CN1CCCC(=O)N1CCCc1cc(C(=O)O)cs1.[W]. The second-order valence-corrected chi connectivity index (χ2v) is 5.78. The minimum absolute atomic E-state index is 0. The maximum Gasteiger partial charge on any atom is 0.336 e. The molecule has 1 fully saturated rings. The van der Waals surface area contributed by atoms with Crippen molar-refractivity contribution >= 4 is 23.2 Å². The van der Waals surface area contributed by atoms with Gasteiger partial charge < -0.3 is 12.0 Å². The monoisotopic (exact) mass is 479 g/mol. The maximum atomic E-state index is 11.9. The van der Waals surface area contributed by atoms with E-state index < -0.39 is 5.97 Å². The van der Waals surface area contributed by atoms with E-state index in [0.717, 1.165) is 30.7 Å². The van der Waals surface area contributed by atoms with E-state index in [1.807, 2.05) is 5.01 Å². The zero-order chi connectivity index (χ0) is 14.5. The molecule has 0 aromatic carbocycles. The molecule has 1 aliphatic rings. The van der Waals surface area contributed by atoms with Crippen molar-refractivity contribution in [2.24, 2.45) is 0 Å². The first-order chi connectivity index (χ1) is 9.61. The van der Waals surface area contributed by atoms with Crippen molar-refractivity contribution in [1.29, 1.82) is 0 Å². The number of hydrogen-bond acceptors (Lipinski definition) is 4. The summed E-state index contributed by atoms with van der Waals surface area (Å²) in [6.45, 7) is 6.02. The number of nitrogens with zero attached hydrogens (tertiary/aromatic N) is 2. The molecule has 2 rings (SSSR count). The molecule has 2 heterocycles.